The smallest absolute Gasteiger partial charge is 0.155 e. The predicted molar refractivity (Wildman–Crippen MR) is 89.4 cm³/mol. The van der Waals surface area contributed by atoms with Crippen molar-refractivity contribution in [1.82, 2.24) is 10.2 Å². The fraction of sp³-hybridized carbons (Fsp3) is 0.438. The molecule has 6 heteroatoms. The molecular formula is C16H21N3O2S. The van der Waals surface area contributed by atoms with Gasteiger partial charge in [-0.2, -0.15) is 0 Å². The first-order valence-corrected chi connectivity index (χ1v) is 8.39. The Hall–Kier alpha value is -1.50. The Kier molecular flexibility index (Phi) is 4.71. The number of piperazine rings is 1. The standard InChI is InChI=1S/C16H21N3O2S/c1-12(20)10-16-19(9-8-18-6-4-17-5-7-18)14-11-13(21)2-3-15(14)22-16/h2-3,10-11,17,21H,4-9H2,1H3/b16-10-. The number of phenolic OH excluding ortho intramolecular Hbond substituents is 1. The number of rotatable bonds is 4. The molecule has 0 bridgehead atoms. The number of carbonyl (C=O) groups excluding carboxylic acids is 1. The third-order valence-electron chi connectivity index (χ3n) is 3.89. The van der Waals surface area contributed by atoms with Crippen LogP contribution in [-0.4, -0.2) is 55.1 Å². The topological polar surface area (TPSA) is 55.8 Å². The van der Waals surface area contributed by atoms with Crippen LogP contribution >= 0.6 is 11.8 Å². The van der Waals surface area contributed by atoms with E-state index in [1.807, 2.05) is 6.07 Å². The lowest BCUT2D eigenvalue weighted by molar-refractivity contribution is -0.112. The van der Waals surface area contributed by atoms with Gasteiger partial charge in [0.25, 0.3) is 0 Å². The van der Waals surface area contributed by atoms with E-state index < -0.39 is 0 Å². The van der Waals surface area contributed by atoms with E-state index in [0.29, 0.717) is 0 Å². The van der Waals surface area contributed by atoms with Crippen LogP contribution in [-0.2, 0) is 4.79 Å². The van der Waals surface area contributed by atoms with Crippen molar-refractivity contribution < 1.29 is 9.90 Å². The zero-order valence-corrected chi connectivity index (χ0v) is 13.5. The molecule has 3 rings (SSSR count). The third-order valence-corrected chi connectivity index (χ3v) is 5.00. The van der Waals surface area contributed by atoms with E-state index in [4.69, 9.17) is 0 Å². The highest BCUT2D eigenvalue weighted by molar-refractivity contribution is 8.03. The number of carbonyl (C=O) groups is 1. The molecule has 1 aromatic rings. The molecule has 0 aliphatic carbocycles. The molecule has 2 aliphatic heterocycles. The van der Waals surface area contributed by atoms with Gasteiger partial charge < -0.3 is 15.3 Å². The van der Waals surface area contributed by atoms with Crippen LogP contribution < -0.4 is 10.2 Å². The van der Waals surface area contributed by atoms with E-state index in [1.165, 1.54) is 0 Å². The quantitative estimate of drug-likeness (QED) is 0.823. The van der Waals surface area contributed by atoms with Gasteiger partial charge in [-0.15, -0.1) is 0 Å². The Morgan fingerprint density at radius 1 is 1.36 bits per heavy atom. The van der Waals surface area contributed by atoms with Crippen LogP contribution in [0, 0.1) is 0 Å². The van der Waals surface area contributed by atoms with E-state index in [0.717, 1.165) is 54.9 Å². The van der Waals surface area contributed by atoms with Crippen molar-refractivity contribution in [3.8, 4) is 5.75 Å². The summed E-state index contributed by atoms with van der Waals surface area (Å²) in [6.45, 7) is 7.52. The number of nitrogens with zero attached hydrogens (tertiary/aromatic N) is 2. The molecule has 0 saturated carbocycles. The van der Waals surface area contributed by atoms with Gasteiger partial charge in [-0.3, -0.25) is 9.69 Å². The highest BCUT2D eigenvalue weighted by atomic mass is 32.2. The molecule has 0 amide bonds. The summed E-state index contributed by atoms with van der Waals surface area (Å²) in [4.78, 5) is 17.1. The van der Waals surface area contributed by atoms with Crippen molar-refractivity contribution in [3.05, 3.63) is 29.3 Å². The number of aromatic hydroxyl groups is 1. The number of nitrogens with one attached hydrogen (secondary N) is 1. The summed E-state index contributed by atoms with van der Waals surface area (Å²) < 4.78 is 0. The van der Waals surface area contributed by atoms with E-state index in [-0.39, 0.29) is 11.5 Å². The van der Waals surface area contributed by atoms with Crippen molar-refractivity contribution in [1.29, 1.82) is 0 Å². The average Bonchev–Trinajstić information content (AvgIpc) is 2.82. The number of allylic oxidation sites excluding steroid dienone is 1. The molecule has 0 aromatic heterocycles. The molecule has 5 nitrogen and oxygen atoms in total. The van der Waals surface area contributed by atoms with Crippen molar-refractivity contribution >= 4 is 23.2 Å². The third kappa shape index (κ3) is 3.45. The molecule has 2 heterocycles. The minimum atomic E-state index is 0.0479. The molecule has 0 unspecified atom stereocenters. The second-order valence-electron chi connectivity index (χ2n) is 5.59. The van der Waals surface area contributed by atoms with Gasteiger partial charge in [0.2, 0.25) is 0 Å². The van der Waals surface area contributed by atoms with Gasteiger partial charge >= 0.3 is 0 Å². The fourth-order valence-corrected chi connectivity index (χ4v) is 3.94. The van der Waals surface area contributed by atoms with E-state index >= 15 is 0 Å². The number of phenols is 1. The average molecular weight is 319 g/mol. The molecule has 0 atom stereocenters. The molecule has 22 heavy (non-hydrogen) atoms. The first-order chi connectivity index (χ1) is 10.6. The first kappa shape index (κ1) is 15.4. The van der Waals surface area contributed by atoms with Crippen LogP contribution in [0.15, 0.2) is 34.2 Å². The van der Waals surface area contributed by atoms with Crippen LogP contribution in [0.2, 0.25) is 0 Å². The molecule has 1 saturated heterocycles. The number of benzene rings is 1. The lowest BCUT2D eigenvalue weighted by Crippen LogP contribution is -2.46. The Morgan fingerprint density at radius 3 is 2.86 bits per heavy atom. The zero-order valence-electron chi connectivity index (χ0n) is 12.7. The number of fused-ring (bicyclic) bond motifs is 1. The van der Waals surface area contributed by atoms with Crippen LogP contribution in [0.25, 0.3) is 0 Å². The number of hydrogen-bond acceptors (Lipinski definition) is 6. The van der Waals surface area contributed by atoms with Gasteiger partial charge in [-0.05, 0) is 19.1 Å². The molecule has 2 N–H and O–H groups in total. The second-order valence-corrected chi connectivity index (χ2v) is 6.65. The van der Waals surface area contributed by atoms with Crippen molar-refractivity contribution in [2.24, 2.45) is 0 Å². The SMILES string of the molecule is CC(=O)/C=C1\Sc2ccc(O)cc2N1CCN1CCNCC1. The summed E-state index contributed by atoms with van der Waals surface area (Å²) in [6, 6.07) is 5.38. The maximum absolute atomic E-state index is 11.5. The maximum Gasteiger partial charge on any atom is 0.155 e. The number of hydrogen-bond donors (Lipinski definition) is 2. The minimum absolute atomic E-state index is 0.0479. The number of anilines is 1. The summed E-state index contributed by atoms with van der Waals surface area (Å²) in [5.74, 6) is 0.308. The van der Waals surface area contributed by atoms with Crippen LogP contribution in [0.1, 0.15) is 6.92 Å². The highest BCUT2D eigenvalue weighted by Crippen LogP contribution is 2.47. The summed E-state index contributed by atoms with van der Waals surface area (Å²) in [7, 11) is 0. The Balaban J connectivity index is 1.78. The first-order valence-electron chi connectivity index (χ1n) is 7.57. The molecule has 118 valence electrons. The van der Waals surface area contributed by atoms with E-state index in [1.54, 1.807) is 36.9 Å². The molecule has 1 fully saturated rings. The van der Waals surface area contributed by atoms with Crippen molar-refractivity contribution in [2.45, 2.75) is 11.8 Å². The van der Waals surface area contributed by atoms with Gasteiger partial charge in [-0.1, -0.05) is 11.8 Å². The normalized spacial score (nSPS) is 20.4. The summed E-state index contributed by atoms with van der Waals surface area (Å²) in [5.41, 5.74) is 0.993. The maximum atomic E-state index is 11.5. The largest absolute Gasteiger partial charge is 0.508 e. The van der Waals surface area contributed by atoms with Gasteiger partial charge in [0, 0.05) is 56.3 Å². The van der Waals surface area contributed by atoms with Gasteiger partial charge in [-0.25, -0.2) is 0 Å². The number of thioether (sulfide) groups is 1. The lowest BCUT2D eigenvalue weighted by Gasteiger charge is -2.30. The molecule has 0 spiro atoms. The molecule has 1 aromatic carbocycles. The Labute approximate surface area is 135 Å². The Morgan fingerprint density at radius 2 is 2.14 bits per heavy atom. The second kappa shape index (κ2) is 6.73. The van der Waals surface area contributed by atoms with Crippen LogP contribution in [0.5, 0.6) is 5.75 Å². The molecular weight excluding hydrogens is 298 g/mol. The predicted octanol–water partition coefficient (Wildman–Crippen LogP) is 1.64. The fourth-order valence-electron chi connectivity index (χ4n) is 2.78. The summed E-state index contributed by atoms with van der Waals surface area (Å²) in [6.07, 6.45) is 1.68. The highest BCUT2D eigenvalue weighted by Gasteiger charge is 2.26. The molecule has 2 aliphatic rings. The van der Waals surface area contributed by atoms with E-state index in [2.05, 4.69) is 15.1 Å². The van der Waals surface area contributed by atoms with Gasteiger partial charge in [0.1, 0.15) is 5.75 Å². The van der Waals surface area contributed by atoms with Crippen molar-refractivity contribution in [2.75, 3.05) is 44.2 Å². The lowest BCUT2D eigenvalue weighted by atomic mass is 10.2. The van der Waals surface area contributed by atoms with Crippen LogP contribution in [0.4, 0.5) is 5.69 Å². The zero-order chi connectivity index (χ0) is 15.5. The summed E-state index contributed by atoms with van der Waals surface area (Å²) in [5, 5.41) is 14.1. The van der Waals surface area contributed by atoms with Gasteiger partial charge in [0.15, 0.2) is 5.78 Å². The van der Waals surface area contributed by atoms with Crippen LogP contribution in [0.3, 0.4) is 0 Å². The summed E-state index contributed by atoms with van der Waals surface area (Å²) >= 11 is 1.59. The van der Waals surface area contributed by atoms with E-state index in [9.17, 15) is 9.90 Å². The monoisotopic (exact) mass is 319 g/mol. The molecule has 0 radical (unpaired) electrons. The Bertz CT molecular complexity index is 597. The van der Waals surface area contributed by atoms with Crippen molar-refractivity contribution in [3.63, 3.8) is 0 Å². The van der Waals surface area contributed by atoms with Gasteiger partial charge in [0.05, 0.1) is 10.7 Å². The number of ketones is 1. The minimum Gasteiger partial charge on any atom is -0.508 e.